The van der Waals surface area contributed by atoms with Crippen LogP contribution in [-0.2, 0) is 4.74 Å². The highest BCUT2D eigenvalue weighted by atomic mass is 16.6. The number of nitro groups is 1. The van der Waals surface area contributed by atoms with Crippen molar-refractivity contribution < 1.29 is 14.4 Å². The van der Waals surface area contributed by atoms with Gasteiger partial charge in [-0.25, -0.2) is 4.98 Å². The van der Waals surface area contributed by atoms with Crippen LogP contribution < -0.4 is 4.74 Å². The first-order valence-corrected chi connectivity index (χ1v) is 4.95. The Morgan fingerprint density at radius 2 is 2.18 bits per heavy atom. The predicted molar refractivity (Wildman–Crippen MR) is 60.6 cm³/mol. The molecule has 1 aromatic rings. The van der Waals surface area contributed by atoms with Crippen LogP contribution in [0.4, 0.5) is 5.69 Å². The molecule has 1 aromatic heterocycles. The van der Waals surface area contributed by atoms with Gasteiger partial charge in [0.15, 0.2) is 5.69 Å². The Labute approximate surface area is 98.3 Å². The maximum atomic E-state index is 10.9. The average molecular weight is 239 g/mol. The third-order valence-electron chi connectivity index (χ3n) is 1.86. The van der Waals surface area contributed by atoms with Gasteiger partial charge in [0, 0.05) is 6.08 Å². The number of hydrogen-bond acceptors (Lipinski definition) is 6. The molecule has 17 heavy (non-hydrogen) atoms. The van der Waals surface area contributed by atoms with Gasteiger partial charge < -0.3 is 9.47 Å². The summed E-state index contributed by atoms with van der Waals surface area (Å²) in [4.78, 5) is 18.2. The largest absolute Gasteiger partial charge is 0.501 e. The van der Waals surface area contributed by atoms with Gasteiger partial charge in [-0.2, -0.15) is 4.98 Å². The molecule has 0 aliphatic rings. The van der Waals surface area contributed by atoms with Gasteiger partial charge in [0.25, 0.3) is 5.88 Å². The normalized spacial score (nSPS) is 10.5. The van der Waals surface area contributed by atoms with Gasteiger partial charge in [-0.15, -0.1) is 0 Å². The van der Waals surface area contributed by atoms with Crippen LogP contribution >= 0.6 is 0 Å². The first-order chi connectivity index (χ1) is 8.10. The van der Waals surface area contributed by atoms with E-state index in [9.17, 15) is 10.1 Å². The second-order valence-corrected chi connectivity index (χ2v) is 3.03. The van der Waals surface area contributed by atoms with E-state index in [1.54, 1.807) is 6.92 Å². The lowest BCUT2D eigenvalue weighted by molar-refractivity contribution is -0.386. The van der Waals surface area contributed by atoms with Crippen molar-refractivity contribution >= 4 is 11.8 Å². The first-order valence-electron chi connectivity index (χ1n) is 4.95. The molecule has 0 saturated heterocycles. The fourth-order valence-corrected chi connectivity index (χ4v) is 1.20. The van der Waals surface area contributed by atoms with E-state index in [0.29, 0.717) is 12.4 Å². The van der Waals surface area contributed by atoms with Crippen LogP contribution in [0.1, 0.15) is 18.4 Å². The molecule has 1 rings (SSSR count). The fourth-order valence-electron chi connectivity index (χ4n) is 1.20. The summed E-state index contributed by atoms with van der Waals surface area (Å²) in [5, 5.41) is 10.9. The summed E-state index contributed by atoms with van der Waals surface area (Å²) in [7, 11) is 1.32. The van der Waals surface area contributed by atoms with E-state index in [2.05, 4.69) is 9.97 Å². The Morgan fingerprint density at radius 3 is 2.71 bits per heavy atom. The molecule has 92 valence electrons. The number of aromatic nitrogens is 2. The lowest BCUT2D eigenvalue weighted by atomic mass is 10.3. The van der Waals surface area contributed by atoms with Crippen LogP contribution in [0, 0.1) is 17.0 Å². The zero-order valence-electron chi connectivity index (χ0n) is 9.84. The van der Waals surface area contributed by atoms with Gasteiger partial charge in [0.05, 0.1) is 24.9 Å². The second-order valence-electron chi connectivity index (χ2n) is 3.03. The Morgan fingerprint density at radius 1 is 1.47 bits per heavy atom. The van der Waals surface area contributed by atoms with Crippen LogP contribution in [0.25, 0.3) is 6.08 Å². The SMILES string of the molecule is CCO/C=C\c1nc(C)nc(OC)c1[N+](=O)[O-]. The molecule has 0 spiro atoms. The average Bonchev–Trinajstić information content (AvgIpc) is 2.28. The van der Waals surface area contributed by atoms with Crippen LogP contribution in [0.5, 0.6) is 5.88 Å². The summed E-state index contributed by atoms with van der Waals surface area (Å²) in [6.07, 6.45) is 2.77. The zero-order chi connectivity index (χ0) is 12.8. The minimum absolute atomic E-state index is 0.0568. The fraction of sp³-hybridized carbons (Fsp3) is 0.400. The smallest absolute Gasteiger partial charge is 0.356 e. The number of rotatable bonds is 5. The molecule has 0 atom stereocenters. The highest BCUT2D eigenvalue weighted by Crippen LogP contribution is 2.28. The van der Waals surface area contributed by atoms with E-state index in [1.165, 1.54) is 19.4 Å². The summed E-state index contributed by atoms with van der Waals surface area (Å²) in [5.41, 5.74) is -0.109. The molecule has 0 aliphatic carbocycles. The zero-order valence-corrected chi connectivity index (χ0v) is 9.84. The third-order valence-corrected chi connectivity index (χ3v) is 1.86. The molecule has 0 amide bonds. The van der Waals surface area contributed by atoms with Crippen LogP contribution in [0.3, 0.4) is 0 Å². The summed E-state index contributed by atoms with van der Waals surface area (Å²) < 4.78 is 9.85. The van der Waals surface area contributed by atoms with E-state index in [0.717, 1.165) is 0 Å². The number of aryl methyl sites for hydroxylation is 1. The minimum atomic E-state index is -0.579. The molecule has 7 nitrogen and oxygen atoms in total. The molecule has 0 unspecified atom stereocenters. The maximum absolute atomic E-state index is 10.9. The Kier molecular flexibility index (Phi) is 4.38. The summed E-state index contributed by atoms with van der Waals surface area (Å²) in [6.45, 7) is 3.92. The van der Waals surface area contributed by atoms with Crippen molar-refractivity contribution in [1.82, 2.24) is 9.97 Å². The monoisotopic (exact) mass is 239 g/mol. The molecular formula is C10H13N3O4. The molecule has 0 aliphatic heterocycles. The van der Waals surface area contributed by atoms with Gasteiger partial charge in [0.2, 0.25) is 0 Å². The highest BCUT2D eigenvalue weighted by molar-refractivity contribution is 5.60. The second kappa shape index (κ2) is 5.78. The molecule has 0 bridgehead atoms. The minimum Gasteiger partial charge on any atom is -0.501 e. The molecule has 0 saturated carbocycles. The van der Waals surface area contributed by atoms with E-state index in [1.807, 2.05) is 6.92 Å². The molecule has 0 radical (unpaired) electrons. The molecular weight excluding hydrogens is 226 g/mol. The molecule has 0 fully saturated rings. The standard InChI is InChI=1S/C10H13N3O4/c1-4-17-6-5-8-9(13(14)15)10(16-3)12-7(2)11-8/h5-6H,4H2,1-3H3/b6-5-. The van der Waals surface area contributed by atoms with Gasteiger partial charge in [-0.1, -0.05) is 0 Å². The molecule has 0 aromatic carbocycles. The molecule has 0 N–H and O–H groups in total. The van der Waals surface area contributed by atoms with Crippen LogP contribution in [-0.4, -0.2) is 28.6 Å². The van der Waals surface area contributed by atoms with Crippen LogP contribution in [0.15, 0.2) is 6.26 Å². The third kappa shape index (κ3) is 3.13. The van der Waals surface area contributed by atoms with Crippen molar-refractivity contribution in [2.24, 2.45) is 0 Å². The van der Waals surface area contributed by atoms with Gasteiger partial charge >= 0.3 is 5.69 Å². The van der Waals surface area contributed by atoms with E-state index in [-0.39, 0.29) is 17.3 Å². The van der Waals surface area contributed by atoms with Gasteiger partial charge in [-0.3, -0.25) is 10.1 Å². The highest BCUT2D eigenvalue weighted by Gasteiger charge is 2.23. The summed E-state index contributed by atoms with van der Waals surface area (Å²) in [6, 6.07) is 0. The van der Waals surface area contributed by atoms with Crippen molar-refractivity contribution in [2.45, 2.75) is 13.8 Å². The summed E-state index contributed by atoms with van der Waals surface area (Å²) in [5.74, 6) is 0.335. The van der Waals surface area contributed by atoms with E-state index < -0.39 is 4.92 Å². The van der Waals surface area contributed by atoms with E-state index in [4.69, 9.17) is 9.47 Å². The number of hydrogen-bond donors (Lipinski definition) is 0. The quantitative estimate of drug-likeness (QED) is 0.441. The number of ether oxygens (including phenoxy) is 2. The Balaban J connectivity index is 3.25. The molecule has 1 heterocycles. The van der Waals surface area contributed by atoms with Crippen LogP contribution in [0.2, 0.25) is 0 Å². The van der Waals surface area contributed by atoms with E-state index >= 15 is 0 Å². The lowest BCUT2D eigenvalue weighted by Gasteiger charge is -2.04. The summed E-state index contributed by atoms with van der Waals surface area (Å²) >= 11 is 0. The van der Waals surface area contributed by atoms with Crippen molar-refractivity contribution in [3.8, 4) is 5.88 Å². The lowest BCUT2D eigenvalue weighted by Crippen LogP contribution is -2.03. The number of nitrogens with zero attached hydrogens (tertiary/aromatic N) is 3. The Hall–Kier alpha value is -2.18. The van der Waals surface area contributed by atoms with Gasteiger partial charge in [0.1, 0.15) is 5.82 Å². The van der Waals surface area contributed by atoms with Crippen molar-refractivity contribution in [3.05, 3.63) is 27.9 Å². The van der Waals surface area contributed by atoms with Crippen molar-refractivity contribution in [2.75, 3.05) is 13.7 Å². The van der Waals surface area contributed by atoms with Gasteiger partial charge in [-0.05, 0) is 13.8 Å². The van der Waals surface area contributed by atoms with Crippen molar-refractivity contribution in [3.63, 3.8) is 0 Å². The Bertz CT molecular complexity index is 445. The predicted octanol–water partition coefficient (Wildman–Crippen LogP) is 1.71. The maximum Gasteiger partial charge on any atom is 0.356 e. The van der Waals surface area contributed by atoms with Crippen molar-refractivity contribution in [1.29, 1.82) is 0 Å². The topological polar surface area (TPSA) is 87.4 Å². The first kappa shape index (κ1) is 12.9. The molecule has 7 heteroatoms. The number of methoxy groups -OCH3 is 1.